The Morgan fingerprint density at radius 3 is 2.11 bits per heavy atom. The summed E-state index contributed by atoms with van der Waals surface area (Å²) in [6.45, 7) is 4.00. The van der Waals surface area contributed by atoms with Crippen LogP contribution in [-0.2, 0) is 25.6 Å². The lowest BCUT2D eigenvalue weighted by atomic mass is 9.82. The summed E-state index contributed by atoms with van der Waals surface area (Å²) in [6.07, 6.45) is 10.2. The van der Waals surface area contributed by atoms with Gasteiger partial charge in [0.05, 0.1) is 12.3 Å². The normalized spacial score (nSPS) is 14.3. The minimum atomic E-state index is -3.03. The van der Waals surface area contributed by atoms with Crippen molar-refractivity contribution < 1.29 is 48.7 Å². The van der Waals surface area contributed by atoms with E-state index in [2.05, 4.69) is 24.1 Å². The number of carbonyl (C=O) groups is 4. The first-order valence-corrected chi connectivity index (χ1v) is 16.1. The van der Waals surface area contributed by atoms with E-state index in [-0.39, 0.29) is 13.0 Å². The zero-order valence-corrected chi connectivity index (χ0v) is 27.0. The topological polar surface area (TPSA) is 170 Å². The number of nitrogens with one attached hydrogen (secondary N) is 1. The van der Waals surface area contributed by atoms with Gasteiger partial charge in [0, 0.05) is 6.42 Å². The highest BCUT2D eigenvalue weighted by Gasteiger charge is 2.49. The highest BCUT2D eigenvalue weighted by Crippen LogP contribution is 2.26. The molecule has 0 radical (unpaired) electrons. The summed E-state index contributed by atoms with van der Waals surface area (Å²) in [7, 11) is 0. The van der Waals surface area contributed by atoms with Gasteiger partial charge in [-0.1, -0.05) is 88.5 Å². The van der Waals surface area contributed by atoms with E-state index in [1.54, 1.807) is 31.2 Å². The fourth-order valence-electron chi connectivity index (χ4n) is 4.95. The van der Waals surface area contributed by atoms with Crippen LogP contribution in [0.3, 0.4) is 0 Å². The Labute approximate surface area is 271 Å². The van der Waals surface area contributed by atoms with Crippen LogP contribution in [-0.4, -0.2) is 68.7 Å². The molecule has 0 heterocycles. The molecule has 11 heteroatoms. The van der Waals surface area contributed by atoms with Crippen molar-refractivity contribution in [1.29, 1.82) is 0 Å². The molecule has 256 valence electrons. The van der Waals surface area contributed by atoms with Crippen LogP contribution in [0.5, 0.6) is 5.75 Å². The van der Waals surface area contributed by atoms with Gasteiger partial charge >= 0.3 is 17.9 Å². The van der Waals surface area contributed by atoms with Crippen LogP contribution in [0.25, 0.3) is 0 Å². The van der Waals surface area contributed by atoms with Crippen molar-refractivity contribution in [3.05, 3.63) is 42.0 Å². The van der Waals surface area contributed by atoms with Gasteiger partial charge in [-0.3, -0.25) is 9.59 Å². The molecule has 0 aliphatic carbocycles. The maximum atomic E-state index is 14.1. The standard InChI is InChI=1S/C35H50FNO9/c1-3-5-7-10-13-16-27(36)17-14-11-8-9-12-15-18-29(35(45,34(43)44)25-31(38)39)32(40)37-30(33(41)42)24-26-19-21-28(22-20-26)46-23-6-4-2/h15,18-22,27,29-30,45H,3,5,7-14,16-17,23-25H2,1-2H3,(H,37,40)(H,38,39)(H,41,42)(H,43,44)/b18-15+/t27?,29?,30-,35-/m0/s1. The van der Waals surface area contributed by atoms with E-state index in [1.807, 2.05) is 0 Å². The van der Waals surface area contributed by atoms with E-state index in [4.69, 9.17) is 4.74 Å². The van der Waals surface area contributed by atoms with E-state index in [0.717, 1.165) is 51.0 Å². The van der Waals surface area contributed by atoms with Gasteiger partial charge < -0.3 is 30.5 Å². The van der Waals surface area contributed by atoms with Crippen molar-refractivity contribution in [2.24, 2.45) is 5.92 Å². The number of ether oxygens (including phenoxy) is 1. The summed E-state index contributed by atoms with van der Waals surface area (Å²) in [5, 5.41) is 41.9. The third-order valence-corrected chi connectivity index (χ3v) is 7.64. The minimum absolute atomic E-state index is 0.171. The number of allylic oxidation sites excluding steroid dienone is 1. The molecular weight excluding hydrogens is 597 g/mol. The van der Waals surface area contributed by atoms with Gasteiger partial charge in [-0.05, 0) is 50.3 Å². The molecule has 0 fully saturated rings. The van der Waals surface area contributed by atoms with Crippen LogP contribution >= 0.6 is 0 Å². The highest BCUT2D eigenvalue weighted by atomic mass is 19.1. The molecule has 4 atom stereocenters. The van der Waals surface area contributed by atoms with Crippen LogP contribution in [0.4, 0.5) is 4.39 Å². The number of rotatable bonds is 25. The van der Waals surface area contributed by atoms with Gasteiger partial charge in [0.25, 0.3) is 0 Å². The van der Waals surface area contributed by atoms with Gasteiger partial charge in [-0.15, -0.1) is 5.92 Å². The smallest absolute Gasteiger partial charge is 0.337 e. The maximum Gasteiger partial charge on any atom is 0.337 e. The summed E-state index contributed by atoms with van der Waals surface area (Å²) in [5.41, 5.74) is -2.50. The van der Waals surface area contributed by atoms with Crippen molar-refractivity contribution in [2.45, 2.75) is 122 Å². The number of alkyl halides is 1. The Morgan fingerprint density at radius 1 is 0.957 bits per heavy atom. The van der Waals surface area contributed by atoms with E-state index < -0.39 is 54.0 Å². The monoisotopic (exact) mass is 647 g/mol. The fraction of sp³-hybridized carbons (Fsp3) is 0.600. The van der Waals surface area contributed by atoms with Gasteiger partial charge in [0.2, 0.25) is 5.91 Å². The number of halogens is 1. The molecule has 5 N–H and O–H groups in total. The Morgan fingerprint density at radius 2 is 1.57 bits per heavy atom. The van der Waals surface area contributed by atoms with Crippen molar-refractivity contribution in [2.75, 3.05) is 6.61 Å². The third-order valence-electron chi connectivity index (χ3n) is 7.64. The second-order valence-corrected chi connectivity index (χ2v) is 11.5. The molecule has 1 aromatic rings. The van der Waals surface area contributed by atoms with Crippen molar-refractivity contribution >= 4 is 23.8 Å². The number of hydrogen-bond donors (Lipinski definition) is 5. The number of amides is 1. The largest absolute Gasteiger partial charge is 0.481 e. The molecule has 0 aromatic heterocycles. The maximum absolute atomic E-state index is 14.1. The van der Waals surface area contributed by atoms with Crippen LogP contribution in [0.15, 0.2) is 36.4 Å². The summed E-state index contributed by atoms with van der Waals surface area (Å²) in [6, 6.07) is 4.93. The third kappa shape index (κ3) is 15.9. The average molecular weight is 648 g/mol. The molecule has 0 aliphatic rings. The van der Waals surface area contributed by atoms with Crippen LogP contribution in [0.2, 0.25) is 0 Å². The van der Waals surface area contributed by atoms with Crippen LogP contribution in [0.1, 0.15) is 103 Å². The number of benzene rings is 1. The van der Waals surface area contributed by atoms with Crippen LogP contribution < -0.4 is 10.1 Å². The molecule has 0 saturated carbocycles. The lowest BCUT2D eigenvalue weighted by Crippen LogP contribution is -2.55. The summed E-state index contributed by atoms with van der Waals surface area (Å²) >= 11 is 0. The Bertz CT molecular complexity index is 1170. The van der Waals surface area contributed by atoms with Gasteiger partial charge in [0.15, 0.2) is 5.60 Å². The molecule has 10 nitrogen and oxygen atoms in total. The number of aliphatic hydroxyl groups is 1. The molecule has 2 unspecified atom stereocenters. The molecule has 1 rings (SSSR count). The summed E-state index contributed by atoms with van der Waals surface area (Å²) in [5.74, 6) is -2.05. The Balaban J connectivity index is 2.82. The van der Waals surface area contributed by atoms with Gasteiger partial charge in [-0.25, -0.2) is 14.0 Å². The Kier molecular flexibility index (Phi) is 19.7. The number of unbranched alkanes of at least 4 members (excludes halogenated alkanes) is 8. The van der Waals surface area contributed by atoms with Gasteiger partial charge in [0.1, 0.15) is 24.6 Å². The van der Waals surface area contributed by atoms with E-state index in [0.29, 0.717) is 37.0 Å². The zero-order chi connectivity index (χ0) is 34.4. The van der Waals surface area contributed by atoms with Crippen LogP contribution in [0, 0.1) is 17.8 Å². The van der Waals surface area contributed by atoms with Crippen molar-refractivity contribution in [3.8, 4) is 17.6 Å². The van der Waals surface area contributed by atoms with E-state index in [9.17, 15) is 44.0 Å². The average Bonchev–Trinajstić information content (AvgIpc) is 3.00. The lowest BCUT2D eigenvalue weighted by molar-refractivity contribution is -0.172. The van der Waals surface area contributed by atoms with E-state index in [1.165, 1.54) is 12.5 Å². The van der Waals surface area contributed by atoms with Crippen molar-refractivity contribution in [1.82, 2.24) is 5.32 Å². The Hall–Kier alpha value is -3.91. The first-order valence-electron chi connectivity index (χ1n) is 16.1. The first-order chi connectivity index (χ1) is 21.9. The molecular formula is C35H50FNO9. The second-order valence-electron chi connectivity index (χ2n) is 11.5. The van der Waals surface area contributed by atoms with E-state index >= 15 is 0 Å². The predicted molar refractivity (Wildman–Crippen MR) is 172 cm³/mol. The molecule has 1 aromatic carbocycles. The predicted octanol–water partition coefficient (Wildman–Crippen LogP) is 5.70. The molecule has 0 saturated heterocycles. The molecule has 46 heavy (non-hydrogen) atoms. The van der Waals surface area contributed by atoms with Crippen molar-refractivity contribution in [3.63, 3.8) is 0 Å². The number of carboxylic acid groups (broad SMARTS) is 3. The second kappa shape index (κ2) is 22.6. The summed E-state index contributed by atoms with van der Waals surface area (Å²) < 4.78 is 19.5. The van der Waals surface area contributed by atoms with Gasteiger partial charge in [-0.2, -0.15) is 0 Å². The molecule has 0 aliphatic heterocycles. The number of carboxylic acids is 3. The number of carbonyl (C=O) groups excluding carboxylic acids is 1. The molecule has 0 bridgehead atoms. The molecule has 0 spiro atoms. The molecule has 1 amide bonds. The number of hydrogen-bond acceptors (Lipinski definition) is 6. The minimum Gasteiger partial charge on any atom is -0.481 e. The lowest BCUT2D eigenvalue weighted by Gasteiger charge is -2.29. The first kappa shape index (κ1) is 40.1. The summed E-state index contributed by atoms with van der Waals surface area (Å²) in [4.78, 5) is 48.7. The highest BCUT2D eigenvalue weighted by molar-refractivity contribution is 5.94. The zero-order valence-electron chi connectivity index (χ0n) is 27.0. The number of aliphatic carboxylic acids is 3. The SMILES string of the molecule is CC#CCOc1ccc(C[C@H](NC(=O)C(/C=C/CCCCCCC(F)CCCCCCC)[C@@](O)(CC(=O)O)C(=O)O)C(=O)O)cc1. The fourth-order valence-corrected chi connectivity index (χ4v) is 4.95. The quantitative estimate of drug-likeness (QED) is 0.0507.